The van der Waals surface area contributed by atoms with E-state index in [-0.39, 0.29) is 11.7 Å². The second kappa shape index (κ2) is 8.02. The van der Waals surface area contributed by atoms with Gasteiger partial charge in [-0.3, -0.25) is 4.79 Å². The van der Waals surface area contributed by atoms with Crippen LogP contribution >= 0.6 is 0 Å². The number of rotatable bonds is 5. The second-order valence-corrected chi connectivity index (χ2v) is 7.51. The summed E-state index contributed by atoms with van der Waals surface area (Å²) in [6.07, 6.45) is 1.81. The Labute approximate surface area is 180 Å². The van der Waals surface area contributed by atoms with Gasteiger partial charge in [0.05, 0.1) is 12.6 Å². The summed E-state index contributed by atoms with van der Waals surface area (Å²) >= 11 is 0. The van der Waals surface area contributed by atoms with Crippen LogP contribution in [0.15, 0.2) is 60.8 Å². The van der Waals surface area contributed by atoms with Gasteiger partial charge >= 0.3 is 0 Å². The number of aromatic nitrogens is 2. The highest BCUT2D eigenvalue weighted by Crippen LogP contribution is 2.32. The van der Waals surface area contributed by atoms with Crippen LogP contribution in [0.1, 0.15) is 10.4 Å². The molecule has 0 radical (unpaired) electrons. The highest BCUT2D eigenvalue weighted by atomic mass is 16.5. The molecule has 7 heteroatoms. The normalized spacial score (nSPS) is 10.8. The molecule has 0 fully saturated rings. The van der Waals surface area contributed by atoms with E-state index in [0.717, 1.165) is 22.2 Å². The van der Waals surface area contributed by atoms with E-state index in [2.05, 4.69) is 20.9 Å². The summed E-state index contributed by atoms with van der Waals surface area (Å²) in [5.41, 5.74) is 4.42. The van der Waals surface area contributed by atoms with Crippen LogP contribution in [0.3, 0.4) is 0 Å². The third kappa shape index (κ3) is 3.90. The summed E-state index contributed by atoms with van der Waals surface area (Å²) in [6, 6.07) is 16.7. The van der Waals surface area contributed by atoms with Crippen molar-refractivity contribution in [2.75, 3.05) is 26.5 Å². The number of anilines is 2. The standard InChI is InChI=1S/C24H24N4O3/c1-27(2)24(30)16-7-5-15(6-8-16)19-11-17-14-25-23(13-20(17)28(19)3)26-18-9-10-22(31-4)21(29)12-18/h5-14,29H,1-4H3,(H,25,26). The van der Waals surface area contributed by atoms with Gasteiger partial charge in [0, 0.05) is 61.8 Å². The quantitative estimate of drug-likeness (QED) is 0.504. The smallest absolute Gasteiger partial charge is 0.253 e. The van der Waals surface area contributed by atoms with Crippen LogP contribution in [-0.4, -0.2) is 46.7 Å². The average molecular weight is 416 g/mol. The van der Waals surface area contributed by atoms with E-state index < -0.39 is 0 Å². The minimum atomic E-state index is -0.0203. The lowest BCUT2D eigenvalue weighted by atomic mass is 10.1. The van der Waals surface area contributed by atoms with Crippen LogP contribution in [0.25, 0.3) is 22.2 Å². The Bertz CT molecular complexity index is 1260. The van der Waals surface area contributed by atoms with Crippen LogP contribution in [0.5, 0.6) is 11.5 Å². The van der Waals surface area contributed by atoms with E-state index in [0.29, 0.717) is 22.8 Å². The molecule has 2 N–H and O–H groups in total. The van der Waals surface area contributed by atoms with Gasteiger partial charge < -0.3 is 24.6 Å². The molecule has 0 aliphatic heterocycles. The summed E-state index contributed by atoms with van der Waals surface area (Å²) in [5.74, 6) is 1.12. The predicted octanol–water partition coefficient (Wildman–Crippen LogP) is 4.40. The lowest BCUT2D eigenvalue weighted by molar-refractivity contribution is 0.0827. The van der Waals surface area contributed by atoms with Crippen LogP contribution in [0, 0.1) is 0 Å². The van der Waals surface area contributed by atoms with Gasteiger partial charge in [0.25, 0.3) is 5.91 Å². The third-order valence-corrected chi connectivity index (χ3v) is 5.21. The molecular formula is C24H24N4O3. The van der Waals surface area contributed by atoms with Gasteiger partial charge in [-0.2, -0.15) is 0 Å². The Morgan fingerprint density at radius 2 is 1.84 bits per heavy atom. The van der Waals surface area contributed by atoms with Gasteiger partial charge in [-0.15, -0.1) is 0 Å². The SMILES string of the molecule is COc1ccc(Nc2cc3c(cn2)cc(-c2ccc(C(=O)N(C)C)cc2)n3C)cc1O. The summed E-state index contributed by atoms with van der Waals surface area (Å²) in [6.45, 7) is 0. The van der Waals surface area contributed by atoms with E-state index in [1.165, 1.54) is 7.11 Å². The Morgan fingerprint density at radius 1 is 1.10 bits per heavy atom. The molecule has 158 valence electrons. The number of phenols is 1. The fourth-order valence-electron chi connectivity index (χ4n) is 3.53. The van der Waals surface area contributed by atoms with E-state index in [9.17, 15) is 9.90 Å². The molecule has 2 aromatic heterocycles. The van der Waals surface area contributed by atoms with E-state index in [1.807, 2.05) is 49.6 Å². The summed E-state index contributed by atoms with van der Waals surface area (Å²) in [5, 5.41) is 14.2. The van der Waals surface area contributed by atoms with Crippen molar-refractivity contribution < 1.29 is 14.6 Å². The first-order chi connectivity index (χ1) is 14.9. The maximum Gasteiger partial charge on any atom is 0.253 e. The zero-order valence-electron chi connectivity index (χ0n) is 17.9. The molecule has 31 heavy (non-hydrogen) atoms. The number of nitrogens with one attached hydrogen (secondary N) is 1. The Morgan fingerprint density at radius 3 is 2.48 bits per heavy atom. The largest absolute Gasteiger partial charge is 0.504 e. The molecule has 0 saturated carbocycles. The van der Waals surface area contributed by atoms with Crippen molar-refractivity contribution in [1.82, 2.24) is 14.5 Å². The Hall–Kier alpha value is -4.00. The van der Waals surface area contributed by atoms with E-state index in [4.69, 9.17) is 4.74 Å². The van der Waals surface area contributed by atoms with Crippen molar-refractivity contribution in [2.24, 2.45) is 7.05 Å². The first kappa shape index (κ1) is 20.3. The zero-order valence-corrected chi connectivity index (χ0v) is 17.9. The lowest BCUT2D eigenvalue weighted by Gasteiger charge is -2.11. The van der Waals surface area contributed by atoms with Gasteiger partial charge in [-0.05, 0) is 35.9 Å². The number of carbonyl (C=O) groups excluding carboxylic acids is 1. The Balaban J connectivity index is 1.64. The number of methoxy groups -OCH3 is 1. The van der Waals surface area contributed by atoms with Crippen molar-refractivity contribution in [2.45, 2.75) is 0 Å². The number of nitrogens with zero attached hydrogens (tertiary/aromatic N) is 3. The number of pyridine rings is 1. The van der Waals surface area contributed by atoms with Crippen molar-refractivity contribution in [3.8, 4) is 22.8 Å². The highest BCUT2D eigenvalue weighted by Gasteiger charge is 2.12. The van der Waals surface area contributed by atoms with Crippen molar-refractivity contribution in [1.29, 1.82) is 0 Å². The van der Waals surface area contributed by atoms with E-state index >= 15 is 0 Å². The number of hydrogen-bond acceptors (Lipinski definition) is 5. The predicted molar refractivity (Wildman–Crippen MR) is 122 cm³/mol. The fourth-order valence-corrected chi connectivity index (χ4v) is 3.53. The fraction of sp³-hybridized carbons (Fsp3) is 0.167. The van der Waals surface area contributed by atoms with Crippen LogP contribution < -0.4 is 10.1 Å². The number of aromatic hydroxyl groups is 1. The number of ether oxygens (including phenoxy) is 1. The molecule has 2 heterocycles. The van der Waals surface area contributed by atoms with Gasteiger partial charge in [0.2, 0.25) is 0 Å². The molecule has 0 aliphatic rings. The van der Waals surface area contributed by atoms with Gasteiger partial charge in [0.1, 0.15) is 5.82 Å². The number of aryl methyl sites for hydroxylation is 1. The molecule has 1 amide bonds. The summed E-state index contributed by atoms with van der Waals surface area (Å²) in [4.78, 5) is 18.2. The number of hydrogen-bond donors (Lipinski definition) is 2. The molecule has 7 nitrogen and oxygen atoms in total. The average Bonchev–Trinajstić information content (AvgIpc) is 3.09. The van der Waals surface area contributed by atoms with Crippen LogP contribution in [0.4, 0.5) is 11.5 Å². The van der Waals surface area contributed by atoms with Crippen molar-refractivity contribution in [3.63, 3.8) is 0 Å². The van der Waals surface area contributed by atoms with Crippen LogP contribution in [-0.2, 0) is 7.05 Å². The molecule has 2 aromatic carbocycles. The minimum Gasteiger partial charge on any atom is -0.504 e. The second-order valence-electron chi connectivity index (χ2n) is 7.51. The van der Waals surface area contributed by atoms with Crippen molar-refractivity contribution >= 4 is 28.3 Å². The first-order valence-electron chi connectivity index (χ1n) is 9.79. The molecule has 0 aliphatic carbocycles. The Kier molecular flexibility index (Phi) is 5.25. The number of carbonyl (C=O) groups is 1. The maximum absolute atomic E-state index is 12.1. The first-order valence-corrected chi connectivity index (χ1v) is 9.79. The number of benzene rings is 2. The molecule has 0 saturated heterocycles. The molecule has 0 atom stereocenters. The molecule has 0 spiro atoms. The van der Waals surface area contributed by atoms with E-state index in [1.54, 1.807) is 31.1 Å². The topological polar surface area (TPSA) is 79.6 Å². The summed E-state index contributed by atoms with van der Waals surface area (Å²) < 4.78 is 7.18. The number of phenolic OH excluding ortho intramolecular Hbond substituents is 1. The maximum atomic E-state index is 12.1. The summed E-state index contributed by atoms with van der Waals surface area (Å²) in [7, 11) is 7.00. The zero-order chi connectivity index (χ0) is 22.1. The third-order valence-electron chi connectivity index (χ3n) is 5.21. The van der Waals surface area contributed by atoms with Gasteiger partial charge in [-0.25, -0.2) is 4.98 Å². The molecule has 4 rings (SSSR count). The monoisotopic (exact) mass is 416 g/mol. The molecule has 0 bridgehead atoms. The van der Waals surface area contributed by atoms with Crippen LogP contribution in [0.2, 0.25) is 0 Å². The molecule has 4 aromatic rings. The molecular weight excluding hydrogens is 392 g/mol. The lowest BCUT2D eigenvalue weighted by Crippen LogP contribution is -2.21. The number of fused-ring (bicyclic) bond motifs is 1. The van der Waals surface area contributed by atoms with Crippen molar-refractivity contribution in [3.05, 3.63) is 66.4 Å². The van der Waals surface area contributed by atoms with Gasteiger partial charge in [-0.1, -0.05) is 12.1 Å². The number of amides is 1. The molecule has 0 unspecified atom stereocenters. The van der Waals surface area contributed by atoms with Gasteiger partial charge in [0.15, 0.2) is 11.5 Å². The minimum absolute atomic E-state index is 0.0203. The highest BCUT2D eigenvalue weighted by molar-refractivity contribution is 5.95.